The van der Waals surface area contributed by atoms with E-state index in [1.165, 1.54) is 6.08 Å². The molecule has 0 amide bonds. The summed E-state index contributed by atoms with van der Waals surface area (Å²) in [5.41, 5.74) is 0. The number of aliphatic imine (C=N–C) groups is 1. The highest BCUT2D eigenvalue weighted by Gasteiger charge is 1.91. The van der Waals surface area contributed by atoms with Gasteiger partial charge in [-0.1, -0.05) is 6.58 Å². The highest BCUT2D eigenvalue weighted by molar-refractivity contribution is 5.81. The lowest BCUT2D eigenvalue weighted by Crippen LogP contribution is -2.03. The molecule has 0 bridgehead atoms. The van der Waals surface area contributed by atoms with E-state index in [0.29, 0.717) is 0 Å². The van der Waals surface area contributed by atoms with E-state index in [9.17, 15) is 9.59 Å². The van der Waals surface area contributed by atoms with Gasteiger partial charge in [-0.25, -0.2) is 24.8 Å². The zero-order valence-electron chi connectivity index (χ0n) is 6.78. The maximum absolute atomic E-state index is 10.3. The summed E-state index contributed by atoms with van der Waals surface area (Å²) < 4.78 is 4.46. The Bertz CT molecular complexity index is 237. The van der Waals surface area contributed by atoms with E-state index in [-0.39, 0.29) is 13.2 Å². The van der Waals surface area contributed by atoms with E-state index in [4.69, 9.17) is 10.2 Å². The molecule has 0 fully saturated rings. The van der Waals surface area contributed by atoms with Crippen molar-refractivity contribution in [1.29, 1.82) is 5.41 Å². The number of ether oxygens (including phenoxy) is 1. The number of hydrogen-bond donors (Lipinski definition) is 1. The zero-order valence-corrected chi connectivity index (χ0v) is 6.78. The Morgan fingerprint density at radius 2 is 2.15 bits per heavy atom. The third-order valence-corrected chi connectivity index (χ3v) is 0.679. The molecular formula is C7H8N2O4. The Hall–Kier alpha value is -2.03. The molecule has 13 heavy (non-hydrogen) atoms. The first-order valence-corrected chi connectivity index (χ1v) is 3.09. The molecule has 0 unspecified atom stereocenters. The number of isocyanates is 2. The van der Waals surface area contributed by atoms with Crippen molar-refractivity contribution in [2.75, 3.05) is 13.2 Å². The number of carbonyl (C=O) groups is 1. The lowest BCUT2D eigenvalue weighted by atomic mass is 10.6. The van der Waals surface area contributed by atoms with Crippen molar-refractivity contribution in [3.8, 4) is 0 Å². The molecule has 0 aliphatic carbocycles. The normalized spacial score (nSPS) is 6.46. The monoisotopic (exact) mass is 184 g/mol. The fraction of sp³-hybridized carbons (Fsp3) is 0.286. The van der Waals surface area contributed by atoms with Crippen LogP contribution in [0.5, 0.6) is 0 Å². The SMILES string of the molecule is C=CC(=O)OCCN=C=O.N=C=O. The van der Waals surface area contributed by atoms with Gasteiger partial charge in [0.15, 0.2) is 0 Å². The van der Waals surface area contributed by atoms with E-state index in [1.54, 1.807) is 0 Å². The van der Waals surface area contributed by atoms with E-state index in [0.717, 1.165) is 12.2 Å². The van der Waals surface area contributed by atoms with Crippen LogP contribution in [0.25, 0.3) is 0 Å². The summed E-state index contributed by atoms with van der Waals surface area (Å²) in [6, 6.07) is 0. The van der Waals surface area contributed by atoms with Crippen LogP contribution in [0.15, 0.2) is 17.6 Å². The van der Waals surface area contributed by atoms with E-state index in [1.807, 2.05) is 0 Å². The van der Waals surface area contributed by atoms with Crippen LogP contribution in [0.3, 0.4) is 0 Å². The largest absolute Gasteiger partial charge is 0.461 e. The summed E-state index contributed by atoms with van der Waals surface area (Å²) in [4.78, 5) is 31.3. The molecule has 0 aromatic rings. The molecule has 0 atom stereocenters. The Morgan fingerprint density at radius 1 is 1.62 bits per heavy atom. The standard InChI is InChI=1S/C6H7NO3.CHNO/c1-2-6(9)10-4-3-7-5-8;2-1-3/h2H,1,3-4H2;2H. The quantitative estimate of drug-likeness (QED) is 0.218. The van der Waals surface area contributed by atoms with Gasteiger partial charge in [0.2, 0.25) is 12.2 Å². The summed E-state index contributed by atoms with van der Waals surface area (Å²) in [5, 5.41) is 5.40. The van der Waals surface area contributed by atoms with Crippen LogP contribution in [0, 0.1) is 5.41 Å². The Balaban J connectivity index is 0. The minimum Gasteiger partial charge on any atom is -0.461 e. The van der Waals surface area contributed by atoms with Gasteiger partial charge in [0.25, 0.3) is 0 Å². The minimum absolute atomic E-state index is 0.0973. The van der Waals surface area contributed by atoms with Gasteiger partial charge >= 0.3 is 5.97 Å². The van der Waals surface area contributed by atoms with Gasteiger partial charge in [0, 0.05) is 6.08 Å². The third-order valence-electron chi connectivity index (χ3n) is 0.679. The summed E-state index contributed by atoms with van der Waals surface area (Å²) in [5.74, 6) is -0.513. The van der Waals surface area contributed by atoms with Crippen LogP contribution in [-0.4, -0.2) is 31.3 Å². The molecule has 0 saturated heterocycles. The van der Waals surface area contributed by atoms with Crippen molar-refractivity contribution in [2.24, 2.45) is 4.99 Å². The van der Waals surface area contributed by atoms with Crippen LogP contribution in [-0.2, 0) is 19.1 Å². The van der Waals surface area contributed by atoms with Gasteiger partial charge in [-0.3, -0.25) is 0 Å². The first-order chi connectivity index (χ1) is 6.22. The summed E-state index contributed by atoms with van der Waals surface area (Å²) in [6.45, 7) is 3.43. The Labute approximate surface area is 74.4 Å². The average Bonchev–Trinajstić information content (AvgIpc) is 2.13. The van der Waals surface area contributed by atoms with Crippen molar-refractivity contribution < 1.29 is 19.1 Å². The second-order valence-corrected chi connectivity index (χ2v) is 1.45. The van der Waals surface area contributed by atoms with Gasteiger partial charge in [-0.15, -0.1) is 0 Å². The second-order valence-electron chi connectivity index (χ2n) is 1.45. The number of esters is 1. The number of nitrogens with one attached hydrogen (secondary N) is 1. The summed E-state index contributed by atoms with van der Waals surface area (Å²) in [7, 11) is 0. The molecule has 0 rings (SSSR count). The predicted octanol–water partition coefficient (Wildman–Crippen LogP) is -0.0476. The fourth-order valence-corrected chi connectivity index (χ4v) is 0.296. The lowest BCUT2D eigenvalue weighted by molar-refractivity contribution is -0.137. The second kappa shape index (κ2) is 12.6. The molecule has 1 N–H and O–H groups in total. The first kappa shape index (κ1) is 13.6. The highest BCUT2D eigenvalue weighted by atomic mass is 16.5. The van der Waals surface area contributed by atoms with Crippen molar-refractivity contribution >= 4 is 18.1 Å². The van der Waals surface area contributed by atoms with E-state index in [2.05, 4.69) is 16.3 Å². The van der Waals surface area contributed by atoms with Gasteiger partial charge in [0.05, 0.1) is 6.54 Å². The fourth-order valence-electron chi connectivity index (χ4n) is 0.296. The topological polar surface area (TPSA) is 96.7 Å². The van der Waals surface area contributed by atoms with Gasteiger partial charge in [0.1, 0.15) is 6.61 Å². The molecule has 0 radical (unpaired) electrons. The smallest absolute Gasteiger partial charge is 0.330 e. The number of carbonyl (C=O) groups excluding carboxylic acids is 3. The minimum atomic E-state index is -0.513. The van der Waals surface area contributed by atoms with Crippen molar-refractivity contribution in [3.63, 3.8) is 0 Å². The molecule has 0 aromatic carbocycles. The summed E-state index contributed by atoms with van der Waals surface area (Å²) >= 11 is 0. The molecule has 6 heteroatoms. The van der Waals surface area contributed by atoms with Crippen molar-refractivity contribution in [3.05, 3.63) is 12.7 Å². The molecule has 6 nitrogen and oxygen atoms in total. The van der Waals surface area contributed by atoms with Crippen LogP contribution in [0.1, 0.15) is 0 Å². The van der Waals surface area contributed by atoms with Crippen LogP contribution in [0.2, 0.25) is 0 Å². The Morgan fingerprint density at radius 3 is 2.54 bits per heavy atom. The highest BCUT2D eigenvalue weighted by Crippen LogP contribution is 1.78. The third kappa shape index (κ3) is 17.8. The lowest BCUT2D eigenvalue weighted by Gasteiger charge is -1.94. The van der Waals surface area contributed by atoms with Crippen molar-refractivity contribution in [2.45, 2.75) is 0 Å². The van der Waals surface area contributed by atoms with E-state index < -0.39 is 5.97 Å². The molecule has 0 aliphatic heterocycles. The van der Waals surface area contributed by atoms with E-state index >= 15 is 0 Å². The molecule has 0 spiro atoms. The van der Waals surface area contributed by atoms with Crippen LogP contribution in [0.4, 0.5) is 0 Å². The number of hydrogen-bond acceptors (Lipinski definition) is 6. The number of nitrogens with zero attached hydrogens (tertiary/aromatic N) is 1. The molecule has 0 heterocycles. The van der Waals surface area contributed by atoms with Crippen LogP contribution >= 0.6 is 0 Å². The van der Waals surface area contributed by atoms with Crippen molar-refractivity contribution in [1.82, 2.24) is 0 Å². The predicted molar refractivity (Wildman–Crippen MR) is 42.6 cm³/mol. The molecule has 0 aromatic heterocycles. The molecule has 0 saturated carbocycles. The molecule has 0 aliphatic rings. The van der Waals surface area contributed by atoms with Gasteiger partial charge < -0.3 is 4.74 Å². The number of rotatable bonds is 4. The Kier molecular flexibility index (Phi) is 13.2. The average molecular weight is 184 g/mol. The zero-order chi connectivity index (χ0) is 10.5. The molecular weight excluding hydrogens is 176 g/mol. The van der Waals surface area contributed by atoms with Gasteiger partial charge in [-0.05, 0) is 0 Å². The maximum Gasteiger partial charge on any atom is 0.330 e. The maximum atomic E-state index is 10.3. The summed E-state index contributed by atoms with van der Waals surface area (Å²) in [6.07, 6.45) is 3.11. The first-order valence-electron chi connectivity index (χ1n) is 3.09. The van der Waals surface area contributed by atoms with Crippen LogP contribution < -0.4 is 0 Å². The van der Waals surface area contributed by atoms with Gasteiger partial charge in [-0.2, -0.15) is 0 Å². The molecule has 70 valence electrons.